The van der Waals surface area contributed by atoms with Gasteiger partial charge in [0.1, 0.15) is 5.84 Å². The number of nitrogen functional groups attached to an aromatic ring is 1. The van der Waals surface area contributed by atoms with Gasteiger partial charge < -0.3 is 15.8 Å². The van der Waals surface area contributed by atoms with Crippen LogP contribution < -0.4 is 11.1 Å². The van der Waals surface area contributed by atoms with Crippen LogP contribution in [0, 0.1) is 11.3 Å². The molecule has 0 aliphatic heterocycles. The summed E-state index contributed by atoms with van der Waals surface area (Å²) in [5, 5.41) is 10.5. The van der Waals surface area contributed by atoms with E-state index in [9.17, 15) is 9.59 Å². The molecule has 7 nitrogen and oxygen atoms in total. The van der Waals surface area contributed by atoms with E-state index in [1.54, 1.807) is 30.5 Å². The lowest BCUT2D eigenvalue weighted by molar-refractivity contribution is -0.146. The average Bonchev–Trinajstić information content (AvgIpc) is 2.74. The van der Waals surface area contributed by atoms with Gasteiger partial charge in [-0.1, -0.05) is 12.1 Å². The molecule has 1 saturated carbocycles. The first kappa shape index (κ1) is 22.4. The van der Waals surface area contributed by atoms with Crippen LogP contribution >= 0.6 is 12.4 Å². The number of aromatic nitrogens is 1. The third-order valence-electron chi connectivity index (χ3n) is 5.11. The lowest BCUT2D eigenvalue weighted by Gasteiger charge is -2.27. The maximum Gasteiger partial charge on any atom is 0.308 e. The Morgan fingerprint density at radius 1 is 1.07 bits per heavy atom. The van der Waals surface area contributed by atoms with Crippen molar-refractivity contribution in [1.82, 2.24) is 10.3 Å². The summed E-state index contributed by atoms with van der Waals surface area (Å²) < 4.78 is 4.79. The van der Waals surface area contributed by atoms with Crippen molar-refractivity contribution in [2.24, 2.45) is 11.7 Å². The first-order valence-electron chi connectivity index (χ1n) is 9.27. The number of pyridine rings is 1. The molecule has 1 aromatic heterocycles. The van der Waals surface area contributed by atoms with Crippen LogP contribution in [-0.4, -0.2) is 35.8 Å². The lowest BCUT2D eigenvalue weighted by atomic mass is 9.86. The van der Waals surface area contributed by atoms with Crippen LogP contribution in [0.15, 0.2) is 42.6 Å². The van der Waals surface area contributed by atoms with Gasteiger partial charge in [-0.25, -0.2) is 0 Å². The number of nitrogens with two attached hydrogens (primary N) is 1. The lowest BCUT2D eigenvalue weighted by Crippen LogP contribution is -2.38. The summed E-state index contributed by atoms with van der Waals surface area (Å²) in [6.45, 7) is 0. The van der Waals surface area contributed by atoms with Crippen LogP contribution in [0.2, 0.25) is 0 Å². The van der Waals surface area contributed by atoms with Crippen molar-refractivity contribution in [1.29, 1.82) is 5.41 Å². The molecule has 1 aromatic carbocycles. The molecule has 0 saturated heterocycles. The van der Waals surface area contributed by atoms with Crippen molar-refractivity contribution in [2.75, 3.05) is 7.11 Å². The van der Waals surface area contributed by atoms with Crippen molar-refractivity contribution in [3.63, 3.8) is 0 Å². The molecule has 1 amide bonds. The second-order valence-electron chi connectivity index (χ2n) is 6.97. The normalized spacial score (nSPS) is 18.2. The van der Waals surface area contributed by atoms with Crippen LogP contribution in [0.1, 0.15) is 41.6 Å². The Kier molecular flexibility index (Phi) is 7.73. The number of amidine groups is 1. The summed E-state index contributed by atoms with van der Waals surface area (Å²) >= 11 is 0. The minimum Gasteiger partial charge on any atom is -0.469 e. The fourth-order valence-electron chi connectivity index (χ4n) is 3.43. The molecule has 0 atom stereocenters. The third-order valence-corrected chi connectivity index (χ3v) is 5.11. The molecule has 154 valence electrons. The molecule has 0 spiro atoms. The number of methoxy groups -OCH3 is 1. The summed E-state index contributed by atoms with van der Waals surface area (Å²) in [4.78, 5) is 28.4. The molecule has 0 radical (unpaired) electrons. The van der Waals surface area contributed by atoms with E-state index in [0.29, 0.717) is 11.1 Å². The van der Waals surface area contributed by atoms with Crippen molar-refractivity contribution >= 4 is 30.1 Å². The molecule has 29 heavy (non-hydrogen) atoms. The number of nitrogens with one attached hydrogen (secondary N) is 2. The van der Waals surface area contributed by atoms with E-state index in [4.69, 9.17) is 15.9 Å². The summed E-state index contributed by atoms with van der Waals surface area (Å²) in [6.07, 6.45) is 4.58. The predicted molar refractivity (Wildman–Crippen MR) is 113 cm³/mol. The molecule has 0 unspecified atom stereocenters. The molecule has 1 aliphatic carbocycles. The van der Waals surface area contributed by atoms with E-state index in [2.05, 4.69) is 10.3 Å². The smallest absolute Gasteiger partial charge is 0.308 e. The predicted octanol–water partition coefficient (Wildman–Crippen LogP) is 2.92. The Balaban J connectivity index is 0.00000300. The molecule has 1 fully saturated rings. The number of benzene rings is 1. The second kappa shape index (κ2) is 10.0. The summed E-state index contributed by atoms with van der Waals surface area (Å²) in [6, 6.07) is 10.9. The van der Waals surface area contributed by atoms with E-state index < -0.39 is 0 Å². The number of amides is 1. The molecular formula is C21H25ClN4O3. The Hall–Kier alpha value is -2.93. The van der Waals surface area contributed by atoms with Crippen LogP contribution in [0.25, 0.3) is 11.3 Å². The number of hydrogen-bond acceptors (Lipinski definition) is 5. The van der Waals surface area contributed by atoms with E-state index in [-0.39, 0.29) is 42.1 Å². The standard InChI is InChI=1S/C21H24N4O3.ClH/c1-28-21(27)15-6-9-17(10-7-15)25-20(26)14-4-2-13(3-5-14)18-11-8-16(12-24-18)19(22)23;/h2-5,8,11-12,15,17H,6-7,9-10H2,1H3,(H3,22,23)(H,25,26);1H/t15-,17-;. The molecule has 1 aliphatic rings. The first-order chi connectivity index (χ1) is 13.5. The Bertz CT molecular complexity index is 860. The van der Waals surface area contributed by atoms with Crippen molar-refractivity contribution in [3.8, 4) is 11.3 Å². The highest BCUT2D eigenvalue weighted by Gasteiger charge is 2.27. The molecule has 2 aromatic rings. The number of nitrogens with zero attached hydrogens (tertiary/aromatic N) is 1. The third kappa shape index (κ3) is 5.54. The zero-order chi connectivity index (χ0) is 20.1. The van der Waals surface area contributed by atoms with E-state index in [1.165, 1.54) is 7.11 Å². The van der Waals surface area contributed by atoms with Gasteiger partial charge in [-0.15, -0.1) is 12.4 Å². The summed E-state index contributed by atoms with van der Waals surface area (Å²) in [7, 11) is 1.41. The molecular weight excluding hydrogens is 392 g/mol. The van der Waals surface area contributed by atoms with Crippen molar-refractivity contribution in [3.05, 3.63) is 53.7 Å². The SMILES string of the molecule is COC(=O)[C@H]1CC[C@H](NC(=O)c2ccc(-c3ccc(C(=N)N)cn3)cc2)CC1.Cl. The summed E-state index contributed by atoms with van der Waals surface area (Å²) in [5.41, 5.74) is 8.22. The fraction of sp³-hybridized carbons (Fsp3) is 0.333. The highest BCUT2D eigenvalue weighted by Crippen LogP contribution is 2.25. The highest BCUT2D eigenvalue weighted by atomic mass is 35.5. The first-order valence-corrected chi connectivity index (χ1v) is 9.27. The Morgan fingerprint density at radius 3 is 2.21 bits per heavy atom. The van der Waals surface area contributed by atoms with Gasteiger partial charge in [0.25, 0.3) is 5.91 Å². The Morgan fingerprint density at radius 2 is 1.69 bits per heavy atom. The van der Waals surface area contributed by atoms with Crippen LogP contribution in [0.3, 0.4) is 0 Å². The van der Waals surface area contributed by atoms with Gasteiger partial charge in [0.05, 0.1) is 18.7 Å². The number of hydrogen-bond donors (Lipinski definition) is 3. The monoisotopic (exact) mass is 416 g/mol. The van der Waals surface area contributed by atoms with Crippen LogP contribution in [0.5, 0.6) is 0 Å². The van der Waals surface area contributed by atoms with Gasteiger partial charge in [0.2, 0.25) is 0 Å². The topological polar surface area (TPSA) is 118 Å². The number of carbonyl (C=O) groups excluding carboxylic acids is 2. The number of ether oxygens (including phenoxy) is 1. The number of halogens is 1. The van der Waals surface area contributed by atoms with E-state index in [1.807, 2.05) is 12.1 Å². The molecule has 1 heterocycles. The maximum absolute atomic E-state index is 12.5. The van der Waals surface area contributed by atoms with Gasteiger partial charge in [0.15, 0.2) is 0 Å². The van der Waals surface area contributed by atoms with Crippen molar-refractivity contribution in [2.45, 2.75) is 31.7 Å². The van der Waals surface area contributed by atoms with Crippen LogP contribution in [0.4, 0.5) is 0 Å². The number of carbonyl (C=O) groups is 2. The molecule has 3 rings (SSSR count). The zero-order valence-electron chi connectivity index (χ0n) is 16.2. The molecule has 0 bridgehead atoms. The average molecular weight is 417 g/mol. The second-order valence-corrected chi connectivity index (χ2v) is 6.97. The fourth-order valence-corrected chi connectivity index (χ4v) is 3.43. The molecule has 4 N–H and O–H groups in total. The van der Waals surface area contributed by atoms with Gasteiger partial charge >= 0.3 is 5.97 Å². The minimum absolute atomic E-state index is 0. The van der Waals surface area contributed by atoms with Gasteiger partial charge in [0, 0.05) is 28.9 Å². The number of rotatable bonds is 5. The van der Waals surface area contributed by atoms with E-state index >= 15 is 0 Å². The summed E-state index contributed by atoms with van der Waals surface area (Å²) in [5.74, 6) is -0.357. The Labute approximate surface area is 176 Å². The number of esters is 1. The quantitative estimate of drug-likeness (QED) is 0.393. The van der Waals surface area contributed by atoms with E-state index in [0.717, 1.165) is 36.9 Å². The zero-order valence-corrected chi connectivity index (χ0v) is 17.0. The highest BCUT2D eigenvalue weighted by molar-refractivity contribution is 5.95. The van der Waals surface area contributed by atoms with Gasteiger partial charge in [-0.3, -0.25) is 20.0 Å². The molecule has 8 heteroatoms. The van der Waals surface area contributed by atoms with Gasteiger partial charge in [-0.2, -0.15) is 0 Å². The largest absolute Gasteiger partial charge is 0.469 e. The van der Waals surface area contributed by atoms with Gasteiger partial charge in [-0.05, 0) is 49.9 Å². The van der Waals surface area contributed by atoms with Crippen LogP contribution in [-0.2, 0) is 9.53 Å². The van der Waals surface area contributed by atoms with Crippen molar-refractivity contribution < 1.29 is 14.3 Å². The maximum atomic E-state index is 12.5. The minimum atomic E-state index is -0.162.